The SMILES string of the molecule is CC(C)c1cc(Br)cc2nc(Cl)ccc12. The Morgan fingerprint density at radius 2 is 2.00 bits per heavy atom. The zero-order valence-electron chi connectivity index (χ0n) is 8.59. The molecule has 0 aliphatic rings. The Balaban J connectivity index is 2.80. The number of rotatable bonds is 1. The van der Waals surface area contributed by atoms with Crippen LogP contribution in [0.1, 0.15) is 25.3 Å². The molecule has 0 unspecified atom stereocenters. The number of halogens is 2. The molecule has 0 fully saturated rings. The van der Waals surface area contributed by atoms with E-state index in [-0.39, 0.29) is 0 Å². The van der Waals surface area contributed by atoms with E-state index in [1.54, 1.807) is 0 Å². The van der Waals surface area contributed by atoms with Gasteiger partial charge in [0.15, 0.2) is 0 Å². The summed E-state index contributed by atoms with van der Waals surface area (Å²) in [7, 11) is 0. The van der Waals surface area contributed by atoms with Gasteiger partial charge >= 0.3 is 0 Å². The molecule has 0 saturated heterocycles. The Morgan fingerprint density at radius 1 is 1.27 bits per heavy atom. The number of nitrogens with zero attached hydrogens (tertiary/aromatic N) is 1. The molecule has 0 amide bonds. The van der Waals surface area contributed by atoms with Gasteiger partial charge in [0.25, 0.3) is 0 Å². The number of benzene rings is 1. The molecule has 0 saturated carbocycles. The summed E-state index contributed by atoms with van der Waals surface area (Å²) in [6.07, 6.45) is 0. The number of fused-ring (bicyclic) bond motifs is 1. The van der Waals surface area contributed by atoms with Gasteiger partial charge in [0.05, 0.1) is 5.52 Å². The first-order chi connectivity index (χ1) is 7.08. The van der Waals surface area contributed by atoms with E-state index in [1.165, 1.54) is 10.9 Å². The van der Waals surface area contributed by atoms with Gasteiger partial charge in [-0.15, -0.1) is 0 Å². The molecule has 2 rings (SSSR count). The van der Waals surface area contributed by atoms with E-state index in [0.717, 1.165) is 9.99 Å². The van der Waals surface area contributed by atoms with Gasteiger partial charge in [-0.25, -0.2) is 4.98 Å². The first kappa shape index (κ1) is 10.9. The molecule has 78 valence electrons. The highest BCUT2D eigenvalue weighted by molar-refractivity contribution is 9.10. The van der Waals surface area contributed by atoms with Gasteiger partial charge in [-0.3, -0.25) is 0 Å². The third kappa shape index (κ3) is 2.16. The highest BCUT2D eigenvalue weighted by Gasteiger charge is 2.07. The fourth-order valence-electron chi connectivity index (χ4n) is 1.68. The maximum atomic E-state index is 5.88. The summed E-state index contributed by atoms with van der Waals surface area (Å²) >= 11 is 9.37. The van der Waals surface area contributed by atoms with Crippen LogP contribution < -0.4 is 0 Å². The molecule has 0 radical (unpaired) electrons. The Bertz CT molecular complexity index is 503. The van der Waals surface area contributed by atoms with Gasteiger partial charge < -0.3 is 0 Å². The molecule has 0 N–H and O–H groups in total. The van der Waals surface area contributed by atoms with Crippen LogP contribution in [0.2, 0.25) is 5.15 Å². The van der Waals surface area contributed by atoms with Crippen LogP contribution in [-0.2, 0) is 0 Å². The van der Waals surface area contributed by atoms with E-state index in [9.17, 15) is 0 Å². The first-order valence-electron chi connectivity index (χ1n) is 4.83. The highest BCUT2D eigenvalue weighted by Crippen LogP contribution is 2.29. The van der Waals surface area contributed by atoms with E-state index in [1.807, 2.05) is 18.2 Å². The average molecular weight is 285 g/mol. The van der Waals surface area contributed by atoms with Gasteiger partial charge in [0.2, 0.25) is 0 Å². The summed E-state index contributed by atoms with van der Waals surface area (Å²) in [5, 5.41) is 1.72. The zero-order chi connectivity index (χ0) is 11.0. The van der Waals surface area contributed by atoms with Crippen LogP contribution in [0.15, 0.2) is 28.7 Å². The largest absolute Gasteiger partial charge is 0.236 e. The first-order valence-corrected chi connectivity index (χ1v) is 6.00. The van der Waals surface area contributed by atoms with Crippen molar-refractivity contribution >= 4 is 38.4 Å². The number of aromatic nitrogens is 1. The molecule has 1 aromatic heterocycles. The van der Waals surface area contributed by atoms with Gasteiger partial charge in [0, 0.05) is 9.86 Å². The molecular formula is C12H11BrClN. The maximum absolute atomic E-state index is 5.88. The van der Waals surface area contributed by atoms with Crippen molar-refractivity contribution in [2.24, 2.45) is 0 Å². The van der Waals surface area contributed by atoms with E-state index in [2.05, 4.69) is 40.8 Å². The van der Waals surface area contributed by atoms with E-state index in [0.29, 0.717) is 11.1 Å². The molecule has 0 atom stereocenters. The lowest BCUT2D eigenvalue weighted by Gasteiger charge is -2.10. The van der Waals surface area contributed by atoms with Crippen LogP contribution in [0.25, 0.3) is 10.9 Å². The summed E-state index contributed by atoms with van der Waals surface area (Å²) in [6.45, 7) is 4.35. The molecule has 1 nitrogen and oxygen atoms in total. The van der Waals surface area contributed by atoms with Gasteiger partial charge in [-0.05, 0) is 35.7 Å². The third-order valence-corrected chi connectivity index (χ3v) is 3.06. The van der Waals surface area contributed by atoms with Crippen LogP contribution >= 0.6 is 27.5 Å². The minimum absolute atomic E-state index is 0.480. The lowest BCUT2D eigenvalue weighted by atomic mass is 9.98. The molecular weight excluding hydrogens is 273 g/mol. The predicted molar refractivity (Wildman–Crippen MR) is 68.5 cm³/mol. The fourth-order valence-corrected chi connectivity index (χ4v) is 2.30. The summed E-state index contributed by atoms with van der Waals surface area (Å²) in [6, 6.07) is 8.01. The van der Waals surface area contributed by atoms with Crippen LogP contribution in [0.3, 0.4) is 0 Å². The maximum Gasteiger partial charge on any atom is 0.129 e. The fraction of sp³-hybridized carbons (Fsp3) is 0.250. The van der Waals surface area contributed by atoms with Crippen molar-refractivity contribution in [1.29, 1.82) is 0 Å². The summed E-state index contributed by atoms with van der Waals surface area (Å²) in [4.78, 5) is 4.31. The van der Waals surface area contributed by atoms with Crippen LogP contribution in [-0.4, -0.2) is 4.98 Å². The van der Waals surface area contributed by atoms with Crippen molar-refractivity contribution in [3.63, 3.8) is 0 Å². The topological polar surface area (TPSA) is 12.9 Å². The van der Waals surface area contributed by atoms with E-state index in [4.69, 9.17) is 11.6 Å². The molecule has 3 heteroatoms. The number of hydrogen-bond donors (Lipinski definition) is 0. The predicted octanol–water partition coefficient (Wildman–Crippen LogP) is 4.77. The van der Waals surface area contributed by atoms with Crippen molar-refractivity contribution < 1.29 is 0 Å². The monoisotopic (exact) mass is 283 g/mol. The van der Waals surface area contributed by atoms with Crippen LogP contribution in [0.5, 0.6) is 0 Å². The lowest BCUT2D eigenvalue weighted by Crippen LogP contribution is -1.91. The van der Waals surface area contributed by atoms with E-state index < -0.39 is 0 Å². The van der Waals surface area contributed by atoms with Crippen molar-refractivity contribution in [2.45, 2.75) is 19.8 Å². The smallest absolute Gasteiger partial charge is 0.129 e. The summed E-state index contributed by atoms with van der Waals surface area (Å²) in [5.74, 6) is 0.480. The second kappa shape index (κ2) is 4.11. The van der Waals surface area contributed by atoms with Gasteiger partial charge in [-0.1, -0.05) is 41.4 Å². The second-order valence-electron chi connectivity index (χ2n) is 3.85. The van der Waals surface area contributed by atoms with Crippen molar-refractivity contribution in [3.8, 4) is 0 Å². The molecule has 0 aliphatic carbocycles. The van der Waals surface area contributed by atoms with E-state index >= 15 is 0 Å². The molecule has 2 aromatic rings. The normalized spacial score (nSPS) is 11.3. The third-order valence-electron chi connectivity index (χ3n) is 2.39. The zero-order valence-corrected chi connectivity index (χ0v) is 10.9. The molecule has 15 heavy (non-hydrogen) atoms. The van der Waals surface area contributed by atoms with Gasteiger partial charge in [-0.2, -0.15) is 0 Å². The Kier molecular flexibility index (Phi) is 2.98. The van der Waals surface area contributed by atoms with Gasteiger partial charge in [0.1, 0.15) is 5.15 Å². The lowest BCUT2D eigenvalue weighted by molar-refractivity contribution is 0.875. The van der Waals surface area contributed by atoms with Crippen LogP contribution in [0, 0.1) is 0 Å². The standard InChI is InChI=1S/C12H11BrClN/c1-7(2)10-5-8(13)6-11-9(10)3-4-12(14)15-11/h3-7H,1-2H3. The summed E-state index contributed by atoms with van der Waals surface area (Å²) in [5.41, 5.74) is 2.24. The Hall–Kier alpha value is -0.600. The number of pyridine rings is 1. The molecule has 1 aromatic carbocycles. The van der Waals surface area contributed by atoms with Crippen molar-refractivity contribution in [3.05, 3.63) is 39.5 Å². The molecule has 1 heterocycles. The Labute approximate surface area is 103 Å². The van der Waals surface area contributed by atoms with Crippen LogP contribution in [0.4, 0.5) is 0 Å². The number of hydrogen-bond acceptors (Lipinski definition) is 1. The Morgan fingerprint density at radius 3 is 2.67 bits per heavy atom. The minimum Gasteiger partial charge on any atom is -0.236 e. The van der Waals surface area contributed by atoms with Crippen molar-refractivity contribution in [2.75, 3.05) is 0 Å². The summed E-state index contributed by atoms with van der Waals surface area (Å²) < 4.78 is 1.05. The molecule has 0 aliphatic heterocycles. The van der Waals surface area contributed by atoms with Crippen molar-refractivity contribution in [1.82, 2.24) is 4.98 Å². The average Bonchev–Trinajstić information content (AvgIpc) is 2.15. The molecule has 0 bridgehead atoms. The molecule has 0 spiro atoms. The second-order valence-corrected chi connectivity index (χ2v) is 5.15. The highest BCUT2D eigenvalue weighted by atomic mass is 79.9. The minimum atomic E-state index is 0.480. The quantitative estimate of drug-likeness (QED) is 0.687.